The van der Waals surface area contributed by atoms with Crippen LogP contribution < -0.4 is 15.0 Å². The molecule has 1 aromatic heterocycles. The van der Waals surface area contributed by atoms with Gasteiger partial charge in [0.25, 0.3) is 5.91 Å². The minimum absolute atomic E-state index is 0.324. The van der Waals surface area contributed by atoms with Gasteiger partial charge in [-0.25, -0.2) is 9.97 Å². The molecule has 1 fully saturated rings. The van der Waals surface area contributed by atoms with Gasteiger partial charge in [-0.05, 0) is 25.2 Å². The van der Waals surface area contributed by atoms with Gasteiger partial charge in [-0.1, -0.05) is 11.6 Å². The van der Waals surface area contributed by atoms with Crippen molar-refractivity contribution in [3.63, 3.8) is 0 Å². The number of halogens is 1. The van der Waals surface area contributed by atoms with Crippen molar-refractivity contribution in [2.45, 2.75) is 0 Å². The van der Waals surface area contributed by atoms with E-state index in [0.29, 0.717) is 28.0 Å². The summed E-state index contributed by atoms with van der Waals surface area (Å²) in [6.07, 6.45) is 3.21. The smallest absolute Gasteiger partial charge is 0.259 e. The second-order valence-corrected chi connectivity index (χ2v) is 6.30. The van der Waals surface area contributed by atoms with Gasteiger partial charge in [0, 0.05) is 31.2 Å². The topological polar surface area (TPSA) is 70.6 Å². The Morgan fingerprint density at radius 2 is 1.88 bits per heavy atom. The number of hydrogen-bond donors (Lipinski definition) is 1. The summed E-state index contributed by atoms with van der Waals surface area (Å²) in [5.41, 5.74) is 0.878. The van der Waals surface area contributed by atoms with Crippen molar-refractivity contribution in [3.05, 3.63) is 41.2 Å². The first-order valence-electron chi connectivity index (χ1n) is 7.97. The average molecular weight is 362 g/mol. The summed E-state index contributed by atoms with van der Waals surface area (Å²) in [6, 6.07) is 4.89. The Balaban J connectivity index is 1.69. The second-order valence-electron chi connectivity index (χ2n) is 5.86. The van der Waals surface area contributed by atoms with Gasteiger partial charge in [0.15, 0.2) is 0 Å². The summed E-state index contributed by atoms with van der Waals surface area (Å²) < 4.78 is 5.20. The number of aromatic nitrogens is 2. The highest BCUT2D eigenvalue weighted by Crippen LogP contribution is 2.23. The molecule has 8 heteroatoms. The number of anilines is 2. The number of benzene rings is 1. The van der Waals surface area contributed by atoms with Crippen LogP contribution in [0.25, 0.3) is 0 Å². The average Bonchev–Trinajstić information content (AvgIpc) is 2.63. The van der Waals surface area contributed by atoms with Crippen LogP contribution in [0.15, 0.2) is 30.6 Å². The van der Waals surface area contributed by atoms with Crippen LogP contribution in [0.1, 0.15) is 10.4 Å². The SMILES string of the molecule is COc1ccc(Cl)cc1C(=O)Nc1cnc(N2CCN(C)CC2)nc1. The van der Waals surface area contributed by atoms with Crippen LogP contribution in [0, 0.1) is 0 Å². The van der Waals surface area contributed by atoms with Gasteiger partial charge < -0.3 is 19.9 Å². The molecule has 0 radical (unpaired) electrons. The molecular weight excluding hydrogens is 342 g/mol. The van der Waals surface area contributed by atoms with Crippen LogP contribution >= 0.6 is 11.6 Å². The highest BCUT2D eigenvalue weighted by Gasteiger charge is 2.17. The number of likely N-dealkylation sites (N-methyl/N-ethyl adjacent to an activating group) is 1. The van der Waals surface area contributed by atoms with Crippen molar-refractivity contribution in [1.82, 2.24) is 14.9 Å². The largest absolute Gasteiger partial charge is 0.496 e. The van der Waals surface area contributed by atoms with E-state index in [1.165, 1.54) is 7.11 Å². The monoisotopic (exact) mass is 361 g/mol. The molecule has 1 amide bonds. The number of nitrogens with zero attached hydrogens (tertiary/aromatic N) is 4. The number of amides is 1. The zero-order valence-electron chi connectivity index (χ0n) is 14.2. The first-order chi connectivity index (χ1) is 12.1. The molecule has 2 aromatic rings. The van der Waals surface area contributed by atoms with E-state index < -0.39 is 0 Å². The Morgan fingerprint density at radius 1 is 1.20 bits per heavy atom. The highest BCUT2D eigenvalue weighted by molar-refractivity contribution is 6.31. The van der Waals surface area contributed by atoms with Gasteiger partial charge in [0.1, 0.15) is 5.75 Å². The van der Waals surface area contributed by atoms with Crippen LogP contribution in [-0.4, -0.2) is 61.1 Å². The van der Waals surface area contributed by atoms with Crippen LogP contribution in [0.3, 0.4) is 0 Å². The standard InChI is InChI=1S/C17H20ClN5O2/c1-22-5-7-23(8-6-22)17-19-10-13(11-20-17)21-16(24)14-9-12(18)3-4-15(14)25-2/h3-4,9-11H,5-8H2,1-2H3,(H,21,24). The molecule has 2 heterocycles. The Hall–Kier alpha value is -2.38. The lowest BCUT2D eigenvalue weighted by Gasteiger charge is -2.32. The van der Waals surface area contributed by atoms with Crippen LogP contribution in [0.4, 0.5) is 11.6 Å². The molecule has 1 aliphatic rings. The van der Waals surface area contributed by atoms with Gasteiger partial charge in [0.05, 0.1) is 30.8 Å². The molecule has 1 saturated heterocycles. The molecular formula is C17H20ClN5O2. The molecule has 0 saturated carbocycles. The maximum atomic E-state index is 12.4. The summed E-state index contributed by atoms with van der Waals surface area (Å²) in [6.45, 7) is 3.75. The Labute approximate surface area is 151 Å². The van der Waals surface area contributed by atoms with Crippen LogP contribution in [0.5, 0.6) is 5.75 Å². The number of ether oxygens (including phenoxy) is 1. The molecule has 3 rings (SSSR count). The Morgan fingerprint density at radius 3 is 2.52 bits per heavy atom. The van der Waals surface area contributed by atoms with Crippen molar-refractivity contribution in [1.29, 1.82) is 0 Å². The van der Waals surface area contributed by atoms with Gasteiger partial charge in [-0.15, -0.1) is 0 Å². The third-order valence-electron chi connectivity index (χ3n) is 4.09. The molecule has 1 aliphatic heterocycles. The molecule has 132 valence electrons. The molecule has 0 atom stereocenters. The lowest BCUT2D eigenvalue weighted by Crippen LogP contribution is -2.45. The maximum Gasteiger partial charge on any atom is 0.259 e. The number of carbonyl (C=O) groups excluding carboxylic acids is 1. The van der Waals surface area contributed by atoms with E-state index in [4.69, 9.17) is 16.3 Å². The summed E-state index contributed by atoms with van der Waals surface area (Å²) in [4.78, 5) is 25.6. The fraction of sp³-hybridized carbons (Fsp3) is 0.353. The predicted octanol–water partition coefficient (Wildman–Crippen LogP) is 2.14. The molecule has 25 heavy (non-hydrogen) atoms. The number of carbonyl (C=O) groups is 1. The van der Waals surface area contributed by atoms with Gasteiger partial charge in [-0.3, -0.25) is 4.79 Å². The second kappa shape index (κ2) is 7.67. The molecule has 0 unspecified atom stereocenters. The summed E-state index contributed by atoms with van der Waals surface area (Å²) in [7, 11) is 3.61. The Kier molecular flexibility index (Phi) is 5.35. The van der Waals surface area contributed by atoms with Crippen molar-refractivity contribution in [3.8, 4) is 5.75 Å². The molecule has 0 aliphatic carbocycles. The van der Waals surface area contributed by atoms with Crippen LogP contribution in [-0.2, 0) is 0 Å². The van der Waals surface area contributed by atoms with Gasteiger partial charge in [0.2, 0.25) is 5.95 Å². The molecule has 1 aromatic carbocycles. The summed E-state index contributed by atoms with van der Waals surface area (Å²) in [5, 5.41) is 3.23. The molecule has 7 nitrogen and oxygen atoms in total. The van der Waals surface area contributed by atoms with E-state index in [1.54, 1.807) is 30.6 Å². The van der Waals surface area contributed by atoms with Crippen molar-refractivity contribution < 1.29 is 9.53 Å². The van der Waals surface area contributed by atoms with Crippen LogP contribution in [0.2, 0.25) is 5.02 Å². The molecule has 0 spiro atoms. The van der Waals surface area contributed by atoms with Gasteiger partial charge >= 0.3 is 0 Å². The highest BCUT2D eigenvalue weighted by atomic mass is 35.5. The van der Waals surface area contributed by atoms with Gasteiger partial charge in [-0.2, -0.15) is 0 Å². The normalized spacial score (nSPS) is 15.1. The predicted molar refractivity (Wildman–Crippen MR) is 97.7 cm³/mol. The van der Waals surface area contributed by atoms with E-state index in [2.05, 4.69) is 32.1 Å². The number of piperazine rings is 1. The van der Waals surface area contributed by atoms with Crippen molar-refractivity contribution in [2.75, 3.05) is 50.6 Å². The quantitative estimate of drug-likeness (QED) is 0.899. The number of nitrogens with one attached hydrogen (secondary N) is 1. The Bertz CT molecular complexity index is 745. The summed E-state index contributed by atoms with van der Waals surface area (Å²) >= 11 is 5.97. The van der Waals surface area contributed by atoms with E-state index >= 15 is 0 Å². The van der Waals surface area contributed by atoms with Crippen molar-refractivity contribution >= 4 is 29.1 Å². The first-order valence-corrected chi connectivity index (χ1v) is 8.35. The molecule has 0 bridgehead atoms. The zero-order valence-corrected chi connectivity index (χ0v) is 15.0. The first kappa shape index (κ1) is 17.4. The van der Waals surface area contributed by atoms with Crippen molar-refractivity contribution in [2.24, 2.45) is 0 Å². The fourth-order valence-corrected chi connectivity index (χ4v) is 2.78. The third kappa shape index (κ3) is 4.18. The number of rotatable bonds is 4. The lowest BCUT2D eigenvalue weighted by molar-refractivity contribution is 0.102. The number of methoxy groups -OCH3 is 1. The third-order valence-corrected chi connectivity index (χ3v) is 4.32. The van der Waals surface area contributed by atoms with E-state index in [0.717, 1.165) is 26.2 Å². The lowest BCUT2D eigenvalue weighted by atomic mass is 10.2. The van der Waals surface area contributed by atoms with E-state index in [9.17, 15) is 4.79 Å². The van der Waals surface area contributed by atoms with E-state index in [1.807, 2.05) is 0 Å². The zero-order chi connectivity index (χ0) is 17.8. The minimum Gasteiger partial charge on any atom is -0.496 e. The fourth-order valence-electron chi connectivity index (χ4n) is 2.61. The summed E-state index contributed by atoms with van der Waals surface area (Å²) in [5.74, 6) is 0.804. The maximum absolute atomic E-state index is 12.4. The molecule has 1 N–H and O–H groups in total. The van der Waals surface area contributed by atoms with E-state index in [-0.39, 0.29) is 5.91 Å². The minimum atomic E-state index is -0.324. The number of hydrogen-bond acceptors (Lipinski definition) is 6.